The molecular weight excluding hydrogens is 214 g/mol. The van der Waals surface area contributed by atoms with Gasteiger partial charge in [-0.05, 0) is 25.8 Å². The van der Waals surface area contributed by atoms with Crippen molar-refractivity contribution in [2.45, 2.75) is 39.2 Å². The number of Topliss-reactive ketones (excluding diaryl/α,β-unsaturated/α-hetero) is 1. The molecule has 0 saturated heterocycles. The number of benzene rings is 1. The lowest BCUT2D eigenvalue weighted by Gasteiger charge is -2.18. The fourth-order valence-corrected chi connectivity index (χ4v) is 1.67. The van der Waals surface area contributed by atoms with Crippen LogP contribution in [0.1, 0.15) is 38.7 Å². The van der Waals surface area contributed by atoms with E-state index >= 15 is 0 Å². The average Bonchev–Trinajstić information content (AvgIpc) is 2.31. The van der Waals surface area contributed by atoms with Crippen molar-refractivity contribution in [3.63, 3.8) is 0 Å². The second kappa shape index (κ2) is 6.18. The van der Waals surface area contributed by atoms with Gasteiger partial charge < -0.3 is 5.32 Å². The van der Waals surface area contributed by atoms with Crippen molar-refractivity contribution in [3.05, 3.63) is 35.9 Å². The molecule has 3 heteroatoms. The van der Waals surface area contributed by atoms with Crippen LogP contribution in [0.2, 0.25) is 0 Å². The van der Waals surface area contributed by atoms with Crippen LogP contribution in [-0.4, -0.2) is 17.7 Å². The van der Waals surface area contributed by atoms with Gasteiger partial charge in [-0.3, -0.25) is 9.59 Å². The summed E-state index contributed by atoms with van der Waals surface area (Å²) in [7, 11) is 0. The van der Waals surface area contributed by atoms with Gasteiger partial charge in [0.15, 0.2) is 5.78 Å². The first-order valence-electron chi connectivity index (χ1n) is 5.92. The summed E-state index contributed by atoms with van der Waals surface area (Å²) < 4.78 is 0. The molecule has 1 aromatic carbocycles. The van der Waals surface area contributed by atoms with Gasteiger partial charge in [0.2, 0.25) is 5.91 Å². The maximum Gasteiger partial charge on any atom is 0.228 e. The summed E-state index contributed by atoms with van der Waals surface area (Å²) in [5.74, 6) is -0.291. The van der Waals surface area contributed by atoms with E-state index in [0.29, 0.717) is 0 Å². The Morgan fingerprint density at radius 2 is 1.82 bits per heavy atom. The third-order valence-electron chi connectivity index (χ3n) is 2.90. The number of hydrogen-bond acceptors (Lipinski definition) is 2. The SMILES string of the molecule is CCC(C(=O)NC(C)C(C)=O)c1ccccc1. The Morgan fingerprint density at radius 3 is 2.29 bits per heavy atom. The second-order valence-corrected chi connectivity index (χ2v) is 4.21. The zero-order valence-corrected chi connectivity index (χ0v) is 10.6. The van der Waals surface area contributed by atoms with Gasteiger partial charge >= 0.3 is 0 Å². The van der Waals surface area contributed by atoms with Gasteiger partial charge in [-0.15, -0.1) is 0 Å². The highest BCUT2D eigenvalue weighted by molar-refractivity contribution is 5.90. The van der Waals surface area contributed by atoms with Crippen molar-refractivity contribution < 1.29 is 9.59 Å². The van der Waals surface area contributed by atoms with Crippen molar-refractivity contribution in [2.75, 3.05) is 0 Å². The molecule has 1 aromatic rings. The van der Waals surface area contributed by atoms with E-state index in [1.807, 2.05) is 37.3 Å². The molecule has 2 atom stereocenters. The lowest BCUT2D eigenvalue weighted by Crippen LogP contribution is -2.40. The zero-order chi connectivity index (χ0) is 12.8. The summed E-state index contributed by atoms with van der Waals surface area (Å²) in [5.41, 5.74) is 0.989. The van der Waals surface area contributed by atoms with E-state index < -0.39 is 6.04 Å². The molecule has 0 aliphatic rings. The molecule has 92 valence electrons. The molecule has 1 rings (SSSR count). The molecule has 1 N–H and O–H groups in total. The van der Waals surface area contributed by atoms with E-state index in [-0.39, 0.29) is 17.6 Å². The van der Waals surface area contributed by atoms with E-state index in [4.69, 9.17) is 0 Å². The highest BCUT2D eigenvalue weighted by Crippen LogP contribution is 2.19. The van der Waals surface area contributed by atoms with Crippen LogP contribution in [0.5, 0.6) is 0 Å². The largest absolute Gasteiger partial charge is 0.346 e. The summed E-state index contributed by atoms with van der Waals surface area (Å²) in [4.78, 5) is 23.1. The normalized spacial score (nSPS) is 13.8. The second-order valence-electron chi connectivity index (χ2n) is 4.21. The number of carbonyl (C=O) groups excluding carboxylic acids is 2. The van der Waals surface area contributed by atoms with E-state index in [9.17, 15) is 9.59 Å². The van der Waals surface area contributed by atoms with Crippen LogP contribution < -0.4 is 5.32 Å². The molecule has 0 bridgehead atoms. The van der Waals surface area contributed by atoms with Crippen molar-refractivity contribution in [1.29, 1.82) is 0 Å². The van der Waals surface area contributed by atoms with Gasteiger partial charge in [-0.1, -0.05) is 37.3 Å². The molecule has 1 amide bonds. The summed E-state index contributed by atoms with van der Waals surface area (Å²) in [6, 6.07) is 9.21. The lowest BCUT2D eigenvalue weighted by molar-refractivity contribution is -0.127. The minimum atomic E-state index is -0.416. The summed E-state index contributed by atoms with van der Waals surface area (Å²) >= 11 is 0. The maximum atomic E-state index is 12.0. The summed E-state index contributed by atoms with van der Waals surface area (Å²) in [5, 5.41) is 2.74. The van der Waals surface area contributed by atoms with E-state index in [2.05, 4.69) is 5.32 Å². The van der Waals surface area contributed by atoms with Crippen molar-refractivity contribution in [3.8, 4) is 0 Å². The maximum absolute atomic E-state index is 12.0. The van der Waals surface area contributed by atoms with Gasteiger partial charge in [-0.25, -0.2) is 0 Å². The Bertz CT molecular complexity index is 386. The molecular formula is C14H19NO2. The van der Waals surface area contributed by atoms with Gasteiger partial charge in [0.1, 0.15) is 0 Å². The third kappa shape index (κ3) is 3.70. The number of ketones is 1. The van der Waals surface area contributed by atoms with Crippen LogP contribution in [0, 0.1) is 0 Å². The van der Waals surface area contributed by atoms with Crippen molar-refractivity contribution in [2.24, 2.45) is 0 Å². The molecule has 0 fully saturated rings. The Morgan fingerprint density at radius 1 is 1.24 bits per heavy atom. The molecule has 0 aliphatic heterocycles. The Balaban J connectivity index is 2.75. The molecule has 0 aliphatic carbocycles. The summed E-state index contributed by atoms with van der Waals surface area (Å²) in [6.07, 6.45) is 0.723. The number of rotatable bonds is 5. The Labute approximate surface area is 102 Å². The first-order valence-corrected chi connectivity index (χ1v) is 5.92. The average molecular weight is 233 g/mol. The predicted octanol–water partition coefficient (Wildman–Crippen LogP) is 2.27. The van der Waals surface area contributed by atoms with E-state index in [1.54, 1.807) is 6.92 Å². The fraction of sp³-hybridized carbons (Fsp3) is 0.429. The number of amides is 1. The first kappa shape index (κ1) is 13.4. The molecule has 2 unspecified atom stereocenters. The minimum absolute atomic E-state index is 0.0266. The third-order valence-corrected chi connectivity index (χ3v) is 2.90. The smallest absolute Gasteiger partial charge is 0.228 e. The predicted molar refractivity (Wildman–Crippen MR) is 67.8 cm³/mol. The van der Waals surface area contributed by atoms with Gasteiger partial charge in [0.25, 0.3) is 0 Å². The molecule has 0 radical (unpaired) electrons. The highest BCUT2D eigenvalue weighted by Gasteiger charge is 2.20. The van der Waals surface area contributed by atoms with E-state index in [0.717, 1.165) is 12.0 Å². The zero-order valence-electron chi connectivity index (χ0n) is 10.6. The molecule has 0 spiro atoms. The van der Waals surface area contributed by atoms with Crippen LogP contribution in [0.15, 0.2) is 30.3 Å². The van der Waals surface area contributed by atoms with Crippen LogP contribution in [0.25, 0.3) is 0 Å². The number of carbonyl (C=O) groups is 2. The molecule has 17 heavy (non-hydrogen) atoms. The van der Waals surface area contributed by atoms with Crippen LogP contribution in [0.4, 0.5) is 0 Å². The van der Waals surface area contributed by atoms with Crippen LogP contribution in [-0.2, 0) is 9.59 Å². The number of hydrogen-bond donors (Lipinski definition) is 1. The molecule has 0 aromatic heterocycles. The summed E-state index contributed by atoms with van der Waals surface area (Å²) in [6.45, 7) is 5.15. The van der Waals surface area contributed by atoms with Gasteiger partial charge in [0, 0.05) is 0 Å². The van der Waals surface area contributed by atoms with Crippen molar-refractivity contribution in [1.82, 2.24) is 5.32 Å². The quantitative estimate of drug-likeness (QED) is 0.848. The van der Waals surface area contributed by atoms with Crippen LogP contribution >= 0.6 is 0 Å². The molecule has 0 saturated carbocycles. The minimum Gasteiger partial charge on any atom is -0.346 e. The lowest BCUT2D eigenvalue weighted by atomic mass is 9.95. The molecule has 3 nitrogen and oxygen atoms in total. The first-order chi connectivity index (χ1) is 8.06. The number of nitrogens with one attached hydrogen (secondary N) is 1. The van der Waals surface area contributed by atoms with Gasteiger partial charge in [0.05, 0.1) is 12.0 Å². The highest BCUT2D eigenvalue weighted by atomic mass is 16.2. The van der Waals surface area contributed by atoms with Crippen molar-refractivity contribution >= 4 is 11.7 Å². The van der Waals surface area contributed by atoms with Crippen LogP contribution in [0.3, 0.4) is 0 Å². The molecule has 0 heterocycles. The van der Waals surface area contributed by atoms with Gasteiger partial charge in [-0.2, -0.15) is 0 Å². The fourth-order valence-electron chi connectivity index (χ4n) is 1.67. The monoisotopic (exact) mass is 233 g/mol. The Hall–Kier alpha value is -1.64. The van der Waals surface area contributed by atoms with E-state index in [1.165, 1.54) is 6.92 Å². The standard InChI is InChI=1S/C14H19NO2/c1-4-13(12-8-6-5-7-9-12)14(17)15-10(2)11(3)16/h5-10,13H,4H2,1-3H3,(H,15,17). The Kier molecular flexibility index (Phi) is 4.88. The topological polar surface area (TPSA) is 46.2 Å².